The van der Waals surface area contributed by atoms with Crippen molar-refractivity contribution in [2.24, 2.45) is 0 Å². The van der Waals surface area contributed by atoms with E-state index in [1.807, 2.05) is 0 Å². The van der Waals surface area contributed by atoms with Gasteiger partial charge >= 0.3 is 0 Å². The first-order valence-corrected chi connectivity index (χ1v) is 6.41. The van der Waals surface area contributed by atoms with Crippen molar-refractivity contribution in [3.8, 4) is 5.75 Å². The van der Waals surface area contributed by atoms with Crippen LogP contribution < -0.4 is 10.1 Å². The number of ether oxygens (including phenoxy) is 1. The normalized spacial score (nSPS) is 12.2. The maximum Gasteiger partial charge on any atom is 0.137 e. The van der Waals surface area contributed by atoms with E-state index in [-0.39, 0.29) is 5.56 Å². The Kier molecular flexibility index (Phi) is 4.57. The SMILES string of the molecule is CNC(c1ccc(Cl)c(OC)c1)c1c(F)cccc1F. The van der Waals surface area contributed by atoms with Gasteiger partial charge in [0.1, 0.15) is 17.4 Å². The van der Waals surface area contributed by atoms with Crippen LogP contribution in [0, 0.1) is 11.6 Å². The first-order valence-electron chi connectivity index (χ1n) is 6.03. The van der Waals surface area contributed by atoms with Crippen molar-refractivity contribution in [1.29, 1.82) is 0 Å². The zero-order chi connectivity index (χ0) is 14.7. The van der Waals surface area contributed by atoms with Crippen molar-refractivity contribution in [1.82, 2.24) is 5.32 Å². The number of hydrogen-bond acceptors (Lipinski definition) is 2. The molecule has 0 bridgehead atoms. The molecule has 0 saturated carbocycles. The highest BCUT2D eigenvalue weighted by Gasteiger charge is 2.21. The summed E-state index contributed by atoms with van der Waals surface area (Å²) in [7, 11) is 3.13. The predicted octanol–water partition coefficient (Wildman–Crippen LogP) is 3.94. The maximum atomic E-state index is 13.9. The Balaban J connectivity index is 2.53. The monoisotopic (exact) mass is 297 g/mol. The molecule has 0 aromatic heterocycles. The summed E-state index contributed by atoms with van der Waals surface area (Å²) in [5.41, 5.74) is 0.636. The van der Waals surface area contributed by atoms with Crippen LogP contribution in [-0.2, 0) is 0 Å². The fourth-order valence-corrected chi connectivity index (χ4v) is 2.31. The lowest BCUT2D eigenvalue weighted by Crippen LogP contribution is -2.20. The third-order valence-corrected chi connectivity index (χ3v) is 3.40. The van der Waals surface area contributed by atoms with Crippen molar-refractivity contribution in [2.45, 2.75) is 6.04 Å². The largest absolute Gasteiger partial charge is 0.495 e. The highest BCUT2D eigenvalue weighted by atomic mass is 35.5. The molecule has 20 heavy (non-hydrogen) atoms. The quantitative estimate of drug-likeness (QED) is 0.923. The first-order chi connectivity index (χ1) is 9.58. The minimum atomic E-state index is -0.623. The number of halogens is 3. The molecule has 0 amide bonds. The summed E-state index contributed by atoms with van der Waals surface area (Å²) in [6.45, 7) is 0. The lowest BCUT2D eigenvalue weighted by atomic mass is 9.97. The smallest absolute Gasteiger partial charge is 0.137 e. The Morgan fingerprint density at radius 3 is 2.35 bits per heavy atom. The highest BCUT2D eigenvalue weighted by molar-refractivity contribution is 6.32. The summed E-state index contributed by atoms with van der Waals surface area (Å²) in [6, 6.07) is 8.18. The second-order valence-electron chi connectivity index (χ2n) is 4.25. The molecule has 2 aromatic carbocycles. The average Bonchev–Trinajstić information content (AvgIpc) is 2.44. The van der Waals surface area contributed by atoms with Crippen LogP contribution in [0.5, 0.6) is 5.75 Å². The van der Waals surface area contributed by atoms with Crippen LogP contribution in [0.4, 0.5) is 8.78 Å². The number of benzene rings is 2. The van der Waals surface area contributed by atoms with Gasteiger partial charge in [0.05, 0.1) is 18.2 Å². The molecule has 1 unspecified atom stereocenters. The first kappa shape index (κ1) is 14.8. The Bertz CT molecular complexity index is 599. The molecule has 0 saturated heterocycles. The number of methoxy groups -OCH3 is 1. The fraction of sp³-hybridized carbons (Fsp3) is 0.200. The van der Waals surface area contributed by atoms with E-state index in [0.717, 1.165) is 0 Å². The van der Waals surface area contributed by atoms with E-state index in [0.29, 0.717) is 16.3 Å². The van der Waals surface area contributed by atoms with Crippen LogP contribution in [-0.4, -0.2) is 14.2 Å². The molecule has 0 aliphatic heterocycles. The molecule has 2 aromatic rings. The van der Waals surface area contributed by atoms with E-state index < -0.39 is 17.7 Å². The van der Waals surface area contributed by atoms with Gasteiger partial charge in [-0.3, -0.25) is 0 Å². The maximum absolute atomic E-state index is 13.9. The Morgan fingerprint density at radius 1 is 1.15 bits per heavy atom. The lowest BCUT2D eigenvalue weighted by molar-refractivity contribution is 0.413. The average molecular weight is 298 g/mol. The molecular weight excluding hydrogens is 284 g/mol. The topological polar surface area (TPSA) is 21.3 Å². The molecule has 0 aliphatic carbocycles. The van der Waals surface area contributed by atoms with Gasteiger partial charge in [0.15, 0.2) is 0 Å². The van der Waals surface area contributed by atoms with Gasteiger partial charge < -0.3 is 10.1 Å². The number of nitrogens with one attached hydrogen (secondary N) is 1. The lowest BCUT2D eigenvalue weighted by Gasteiger charge is -2.19. The fourth-order valence-electron chi connectivity index (χ4n) is 2.12. The number of rotatable bonds is 4. The molecule has 0 heterocycles. The van der Waals surface area contributed by atoms with Crippen molar-refractivity contribution < 1.29 is 13.5 Å². The molecule has 0 aliphatic rings. The van der Waals surface area contributed by atoms with Crippen molar-refractivity contribution in [3.63, 3.8) is 0 Å². The number of hydrogen-bond donors (Lipinski definition) is 1. The van der Waals surface area contributed by atoms with Gasteiger partial charge in [0, 0.05) is 5.56 Å². The Labute approximate surface area is 121 Å². The van der Waals surface area contributed by atoms with E-state index in [4.69, 9.17) is 16.3 Å². The molecule has 2 nitrogen and oxygen atoms in total. The van der Waals surface area contributed by atoms with Gasteiger partial charge in [-0.25, -0.2) is 8.78 Å². The van der Waals surface area contributed by atoms with E-state index in [2.05, 4.69) is 5.32 Å². The van der Waals surface area contributed by atoms with Crippen LogP contribution in [0.25, 0.3) is 0 Å². The second-order valence-corrected chi connectivity index (χ2v) is 4.66. The van der Waals surface area contributed by atoms with E-state index in [1.54, 1.807) is 25.2 Å². The molecule has 0 radical (unpaired) electrons. The van der Waals surface area contributed by atoms with Crippen LogP contribution >= 0.6 is 11.6 Å². The Hall–Kier alpha value is -1.65. The summed E-state index contributed by atoms with van der Waals surface area (Å²) < 4.78 is 32.9. The highest BCUT2D eigenvalue weighted by Crippen LogP contribution is 2.32. The van der Waals surface area contributed by atoms with Crippen molar-refractivity contribution >= 4 is 11.6 Å². The van der Waals surface area contributed by atoms with E-state index >= 15 is 0 Å². The minimum Gasteiger partial charge on any atom is -0.495 e. The molecule has 0 fully saturated rings. The van der Waals surface area contributed by atoms with E-state index in [9.17, 15) is 8.78 Å². The zero-order valence-corrected chi connectivity index (χ0v) is 11.8. The van der Waals surface area contributed by atoms with Gasteiger partial charge in [-0.15, -0.1) is 0 Å². The standard InChI is InChI=1S/C15H14ClF2NO/c1-19-15(14-11(17)4-3-5-12(14)18)9-6-7-10(16)13(8-9)20-2/h3-8,15,19H,1-2H3. The summed E-state index contributed by atoms with van der Waals surface area (Å²) in [6.07, 6.45) is 0. The van der Waals surface area contributed by atoms with Crippen LogP contribution in [0.3, 0.4) is 0 Å². The molecule has 5 heteroatoms. The Morgan fingerprint density at radius 2 is 1.80 bits per heavy atom. The van der Waals surface area contributed by atoms with Crippen LogP contribution in [0.1, 0.15) is 17.2 Å². The second kappa shape index (κ2) is 6.20. The summed E-state index contributed by atoms with van der Waals surface area (Å²) in [5, 5.41) is 3.35. The van der Waals surface area contributed by atoms with Gasteiger partial charge in [-0.05, 0) is 36.9 Å². The predicted molar refractivity (Wildman–Crippen MR) is 75.3 cm³/mol. The molecule has 106 valence electrons. The van der Waals surface area contributed by atoms with E-state index in [1.165, 1.54) is 25.3 Å². The minimum absolute atomic E-state index is 0.0284. The summed E-state index contributed by atoms with van der Waals surface area (Å²) in [4.78, 5) is 0. The summed E-state index contributed by atoms with van der Waals surface area (Å²) in [5.74, 6) is -0.738. The molecule has 1 atom stereocenters. The van der Waals surface area contributed by atoms with Gasteiger partial charge in [-0.1, -0.05) is 23.7 Å². The van der Waals surface area contributed by atoms with Crippen molar-refractivity contribution in [2.75, 3.05) is 14.2 Å². The summed E-state index contributed by atoms with van der Waals surface area (Å²) >= 11 is 5.96. The zero-order valence-electron chi connectivity index (χ0n) is 11.1. The van der Waals surface area contributed by atoms with Gasteiger partial charge in [0.2, 0.25) is 0 Å². The molecule has 1 N–H and O–H groups in total. The van der Waals surface area contributed by atoms with Gasteiger partial charge in [-0.2, -0.15) is 0 Å². The molecule has 2 rings (SSSR count). The van der Waals surface area contributed by atoms with Crippen LogP contribution in [0.15, 0.2) is 36.4 Å². The molecule has 0 spiro atoms. The van der Waals surface area contributed by atoms with Gasteiger partial charge in [0.25, 0.3) is 0 Å². The molecular formula is C15H14ClF2NO. The third kappa shape index (κ3) is 2.76. The third-order valence-electron chi connectivity index (χ3n) is 3.09. The van der Waals surface area contributed by atoms with Crippen LogP contribution in [0.2, 0.25) is 5.02 Å². The van der Waals surface area contributed by atoms with Crippen molar-refractivity contribution in [3.05, 3.63) is 64.2 Å².